The van der Waals surface area contributed by atoms with E-state index < -0.39 is 0 Å². The van der Waals surface area contributed by atoms with Crippen molar-refractivity contribution < 1.29 is 0 Å². The molecule has 0 bridgehead atoms. The molecule has 2 unspecified atom stereocenters. The van der Waals surface area contributed by atoms with Crippen LogP contribution in [0.3, 0.4) is 0 Å². The van der Waals surface area contributed by atoms with E-state index in [0.717, 1.165) is 19.3 Å². The van der Waals surface area contributed by atoms with Gasteiger partial charge in [-0.2, -0.15) is 0 Å². The molecule has 1 N–H and O–H groups in total. The fourth-order valence-corrected chi connectivity index (χ4v) is 3.24. The number of nitrogens with one attached hydrogen (secondary N) is 1. The SMILES string of the molecule is CCCc1nccn1C1Cc2ccccc2C1NC. The van der Waals surface area contributed by atoms with E-state index >= 15 is 0 Å². The summed E-state index contributed by atoms with van der Waals surface area (Å²) in [6.45, 7) is 2.21. The average molecular weight is 255 g/mol. The van der Waals surface area contributed by atoms with Gasteiger partial charge in [-0.1, -0.05) is 31.2 Å². The zero-order valence-corrected chi connectivity index (χ0v) is 11.6. The predicted octanol–water partition coefficient (Wildman–Crippen LogP) is 2.89. The third kappa shape index (κ3) is 2.08. The maximum absolute atomic E-state index is 4.52. The number of aryl methyl sites for hydroxylation is 1. The minimum atomic E-state index is 0.390. The Morgan fingerprint density at radius 2 is 2.21 bits per heavy atom. The number of hydrogen-bond donors (Lipinski definition) is 1. The van der Waals surface area contributed by atoms with Crippen molar-refractivity contribution in [2.24, 2.45) is 0 Å². The monoisotopic (exact) mass is 255 g/mol. The van der Waals surface area contributed by atoms with Crippen molar-refractivity contribution >= 4 is 0 Å². The van der Waals surface area contributed by atoms with Gasteiger partial charge in [-0.3, -0.25) is 0 Å². The normalized spacial score (nSPS) is 21.6. The number of benzene rings is 1. The number of likely N-dealkylation sites (N-methyl/N-ethyl adjacent to an activating group) is 1. The molecule has 3 heteroatoms. The van der Waals surface area contributed by atoms with Gasteiger partial charge in [0.15, 0.2) is 0 Å². The molecule has 3 rings (SSSR count). The Kier molecular flexibility index (Phi) is 3.38. The average Bonchev–Trinajstić information content (AvgIpc) is 3.02. The zero-order chi connectivity index (χ0) is 13.2. The first-order chi connectivity index (χ1) is 9.35. The summed E-state index contributed by atoms with van der Waals surface area (Å²) in [6.07, 6.45) is 7.35. The van der Waals surface area contributed by atoms with Gasteiger partial charge >= 0.3 is 0 Å². The first kappa shape index (κ1) is 12.4. The molecule has 1 aromatic carbocycles. The molecule has 19 heavy (non-hydrogen) atoms. The minimum absolute atomic E-state index is 0.390. The van der Waals surface area contributed by atoms with Gasteiger partial charge in [0, 0.05) is 18.8 Å². The number of rotatable bonds is 4. The van der Waals surface area contributed by atoms with E-state index in [1.54, 1.807) is 0 Å². The van der Waals surface area contributed by atoms with Crippen LogP contribution in [-0.4, -0.2) is 16.6 Å². The van der Waals surface area contributed by atoms with Gasteiger partial charge < -0.3 is 9.88 Å². The summed E-state index contributed by atoms with van der Waals surface area (Å²) >= 11 is 0. The van der Waals surface area contributed by atoms with Crippen LogP contribution in [-0.2, 0) is 12.8 Å². The molecule has 1 aliphatic rings. The van der Waals surface area contributed by atoms with E-state index in [-0.39, 0.29) is 0 Å². The van der Waals surface area contributed by atoms with Crippen molar-refractivity contribution in [2.75, 3.05) is 7.05 Å². The molecule has 0 saturated heterocycles. The second kappa shape index (κ2) is 5.17. The lowest BCUT2D eigenvalue weighted by molar-refractivity contribution is 0.391. The molecule has 2 aromatic rings. The van der Waals surface area contributed by atoms with E-state index in [2.05, 4.69) is 59.3 Å². The highest BCUT2D eigenvalue weighted by molar-refractivity contribution is 5.36. The summed E-state index contributed by atoms with van der Waals surface area (Å²) < 4.78 is 2.37. The van der Waals surface area contributed by atoms with Crippen molar-refractivity contribution in [3.05, 3.63) is 53.6 Å². The minimum Gasteiger partial charge on any atom is -0.330 e. The smallest absolute Gasteiger partial charge is 0.108 e. The Labute approximate surface area is 114 Å². The molecule has 0 radical (unpaired) electrons. The third-order valence-electron chi connectivity index (χ3n) is 4.09. The van der Waals surface area contributed by atoms with Crippen molar-refractivity contribution in [2.45, 2.75) is 38.3 Å². The van der Waals surface area contributed by atoms with Crippen LogP contribution in [0.25, 0.3) is 0 Å². The lowest BCUT2D eigenvalue weighted by Gasteiger charge is -2.23. The second-order valence-corrected chi connectivity index (χ2v) is 5.24. The summed E-state index contributed by atoms with van der Waals surface area (Å²) in [7, 11) is 2.05. The van der Waals surface area contributed by atoms with Gasteiger partial charge in [0.1, 0.15) is 5.82 Å². The zero-order valence-electron chi connectivity index (χ0n) is 11.6. The van der Waals surface area contributed by atoms with Crippen LogP contribution in [0.15, 0.2) is 36.7 Å². The third-order valence-corrected chi connectivity index (χ3v) is 4.09. The van der Waals surface area contributed by atoms with Gasteiger partial charge in [0.05, 0.1) is 12.1 Å². The first-order valence-electron chi connectivity index (χ1n) is 7.12. The summed E-state index contributed by atoms with van der Waals surface area (Å²) in [5.74, 6) is 1.21. The van der Waals surface area contributed by atoms with E-state index in [4.69, 9.17) is 0 Å². The largest absolute Gasteiger partial charge is 0.330 e. The summed E-state index contributed by atoms with van der Waals surface area (Å²) in [6, 6.07) is 9.59. The van der Waals surface area contributed by atoms with Crippen molar-refractivity contribution in [1.29, 1.82) is 0 Å². The Hall–Kier alpha value is -1.61. The predicted molar refractivity (Wildman–Crippen MR) is 77.2 cm³/mol. The molecule has 1 heterocycles. The molecule has 0 spiro atoms. The maximum atomic E-state index is 4.52. The van der Waals surface area contributed by atoms with Crippen LogP contribution >= 0.6 is 0 Å². The van der Waals surface area contributed by atoms with Crippen LogP contribution in [0.5, 0.6) is 0 Å². The van der Waals surface area contributed by atoms with Crippen LogP contribution < -0.4 is 5.32 Å². The number of hydrogen-bond acceptors (Lipinski definition) is 2. The quantitative estimate of drug-likeness (QED) is 0.910. The topological polar surface area (TPSA) is 29.9 Å². The molecule has 3 nitrogen and oxygen atoms in total. The van der Waals surface area contributed by atoms with E-state index in [1.165, 1.54) is 17.0 Å². The molecule has 1 aromatic heterocycles. The standard InChI is InChI=1S/C16H21N3/c1-3-6-15-18-9-10-19(15)14-11-12-7-4-5-8-13(12)16(14)17-2/h4-5,7-10,14,16-17H,3,6,11H2,1-2H3. The van der Waals surface area contributed by atoms with Crippen LogP contribution in [0.2, 0.25) is 0 Å². The second-order valence-electron chi connectivity index (χ2n) is 5.24. The molecule has 100 valence electrons. The first-order valence-corrected chi connectivity index (χ1v) is 7.12. The number of nitrogens with zero attached hydrogens (tertiary/aromatic N) is 2. The molecule has 0 fully saturated rings. The highest BCUT2D eigenvalue weighted by atomic mass is 15.1. The van der Waals surface area contributed by atoms with E-state index in [0.29, 0.717) is 12.1 Å². The van der Waals surface area contributed by atoms with Gasteiger partial charge in [0.25, 0.3) is 0 Å². The summed E-state index contributed by atoms with van der Waals surface area (Å²) in [4.78, 5) is 4.52. The Balaban J connectivity index is 1.96. The van der Waals surface area contributed by atoms with Crippen LogP contribution in [0.1, 0.15) is 42.4 Å². The van der Waals surface area contributed by atoms with Crippen molar-refractivity contribution in [3.63, 3.8) is 0 Å². The van der Waals surface area contributed by atoms with Gasteiger partial charge in [-0.05, 0) is 31.0 Å². The van der Waals surface area contributed by atoms with Crippen molar-refractivity contribution in [3.8, 4) is 0 Å². The lowest BCUT2D eigenvalue weighted by Crippen LogP contribution is -2.25. The summed E-state index contributed by atoms with van der Waals surface area (Å²) in [5.41, 5.74) is 2.90. The van der Waals surface area contributed by atoms with E-state index in [9.17, 15) is 0 Å². The van der Waals surface area contributed by atoms with Gasteiger partial charge in [0.2, 0.25) is 0 Å². The fourth-order valence-electron chi connectivity index (χ4n) is 3.24. The lowest BCUT2D eigenvalue weighted by atomic mass is 10.1. The number of aromatic nitrogens is 2. The Morgan fingerprint density at radius 1 is 1.37 bits per heavy atom. The summed E-state index contributed by atoms with van der Waals surface area (Å²) in [5, 5.41) is 3.48. The van der Waals surface area contributed by atoms with E-state index in [1.807, 2.05) is 6.20 Å². The molecule has 0 aliphatic heterocycles. The number of fused-ring (bicyclic) bond motifs is 1. The van der Waals surface area contributed by atoms with Crippen molar-refractivity contribution in [1.82, 2.24) is 14.9 Å². The highest BCUT2D eigenvalue weighted by Crippen LogP contribution is 2.39. The molecular weight excluding hydrogens is 234 g/mol. The maximum Gasteiger partial charge on any atom is 0.108 e. The van der Waals surface area contributed by atoms with Crippen LogP contribution in [0, 0.1) is 0 Å². The molecular formula is C16H21N3. The van der Waals surface area contributed by atoms with Gasteiger partial charge in [-0.15, -0.1) is 0 Å². The Bertz CT molecular complexity index is 559. The molecule has 2 atom stereocenters. The molecule has 0 amide bonds. The highest BCUT2D eigenvalue weighted by Gasteiger charge is 2.32. The Morgan fingerprint density at radius 3 is 3.00 bits per heavy atom. The van der Waals surface area contributed by atoms with Gasteiger partial charge in [-0.25, -0.2) is 4.98 Å². The fraction of sp³-hybridized carbons (Fsp3) is 0.438. The van der Waals surface area contributed by atoms with Crippen LogP contribution in [0.4, 0.5) is 0 Å². The molecule has 1 aliphatic carbocycles. The molecule has 0 saturated carbocycles. The number of imidazole rings is 1.